The Kier molecular flexibility index (Phi) is 5.12. The maximum absolute atomic E-state index is 12.9. The van der Waals surface area contributed by atoms with Crippen molar-refractivity contribution in [3.8, 4) is 5.75 Å². The summed E-state index contributed by atoms with van der Waals surface area (Å²) in [5, 5.41) is 6.20. The number of piperazine rings is 1. The van der Waals surface area contributed by atoms with Crippen LogP contribution in [0, 0.1) is 6.92 Å². The number of nitrogens with one attached hydrogen (secondary N) is 2. The molecule has 8 nitrogen and oxygen atoms in total. The molecule has 4 rings (SSSR count). The molecule has 1 fully saturated rings. The number of imidazole rings is 1. The molecule has 0 atom stereocenters. The Hall–Kier alpha value is -3.13. The van der Waals surface area contributed by atoms with Crippen molar-refractivity contribution in [2.24, 2.45) is 0 Å². The monoisotopic (exact) mass is 380 g/mol. The second-order valence-electron chi connectivity index (χ2n) is 6.72. The van der Waals surface area contributed by atoms with Gasteiger partial charge in [0, 0.05) is 44.6 Å². The first-order valence-electron chi connectivity index (χ1n) is 9.49. The van der Waals surface area contributed by atoms with Gasteiger partial charge in [-0.05, 0) is 26.0 Å². The number of nitrogens with zero attached hydrogens (tertiary/aromatic N) is 4. The highest BCUT2D eigenvalue weighted by Gasteiger charge is 2.17. The van der Waals surface area contributed by atoms with Gasteiger partial charge < -0.3 is 24.7 Å². The number of rotatable bonds is 5. The number of carbonyl (C=O) groups is 1. The Morgan fingerprint density at radius 2 is 2.11 bits per heavy atom. The number of anilines is 2. The minimum absolute atomic E-state index is 0.265. The van der Waals surface area contributed by atoms with E-state index in [0.29, 0.717) is 23.7 Å². The van der Waals surface area contributed by atoms with E-state index in [2.05, 4.69) is 25.5 Å². The number of amides is 1. The molecule has 0 bridgehead atoms. The fourth-order valence-electron chi connectivity index (χ4n) is 3.34. The number of hydrogen-bond donors (Lipinski definition) is 2. The van der Waals surface area contributed by atoms with Gasteiger partial charge in [0.2, 0.25) is 0 Å². The molecule has 0 radical (unpaired) electrons. The smallest absolute Gasteiger partial charge is 0.262 e. The molecule has 146 valence electrons. The van der Waals surface area contributed by atoms with Crippen molar-refractivity contribution in [1.82, 2.24) is 19.7 Å². The van der Waals surface area contributed by atoms with Crippen molar-refractivity contribution in [3.05, 3.63) is 48.0 Å². The van der Waals surface area contributed by atoms with Gasteiger partial charge in [-0.3, -0.25) is 4.79 Å². The molecule has 0 aromatic carbocycles. The highest BCUT2D eigenvalue weighted by molar-refractivity contribution is 6.05. The topological polar surface area (TPSA) is 83.8 Å². The first-order valence-corrected chi connectivity index (χ1v) is 9.49. The first-order chi connectivity index (χ1) is 13.6. The van der Waals surface area contributed by atoms with E-state index in [1.807, 2.05) is 36.6 Å². The first kappa shape index (κ1) is 18.2. The highest BCUT2D eigenvalue weighted by Crippen LogP contribution is 2.23. The molecular formula is C20H24N6O2. The molecule has 0 saturated carbocycles. The van der Waals surface area contributed by atoms with E-state index in [9.17, 15) is 4.79 Å². The molecule has 28 heavy (non-hydrogen) atoms. The van der Waals surface area contributed by atoms with Crippen LogP contribution in [0.1, 0.15) is 23.0 Å². The summed E-state index contributed by atoms with van der Waals surface area (Å²) in [6.45, 7) is 8.11. The predicted octanol–water partition coefficient (Wildman–Crippen LogP) is 2.10. The van der Waals surface area contributed by atoms with Gasteiger partial charge in [-0.1, -0.05) is 0 Å². The van der Waals surface area contributed by atoms with Gasteiger partial charge in [-0.15, -0.1) is 0 Å². The third kappa shape index (κ3) is 3.77. The van der Waals surface area contributed by atoms with Crippen LogP contribution >= 0.6 is 0 Å². The standard InChI is InChI=1S/C20H24N6O2/c1-3-28-17-10-19-23-14(2)12-26(19)13-16(17)20(27)24-18-5-4-15(11-22-18)25-8-6-21-7-9-25/h4-5,10-13,21H,3,6-9H2,1-2H3,(H,22,24,27). The number of aromatic nitrogens is 3. The summed E-state index contributed by atoms with van der Waals surface area (Å²) >= 11 is 0. The van der Waals surface area contributed by atoms with Crippen LogP contribution < -0.4 is 20.3 Å². The number of ether oxygens (including phenoxy) is 1. The average Bonchev–Trinajstić information content (AvgIpc) is 3.08. The zero-order chi connectivity index (χ0) is 19.5. The SMILES string of the molecule is CCOc1cc2nc(C)cn2cc1C(=O)Nc1ccc(N2CCNCC2)cn1. The van der Waals surface area contributed by atoms with Crippen LogP contribution in [0.2, 0.25) is 0 Å². The van der Waals surface area contributed by atoms with Gasteiger partial charge in [0.25, 0.3) is 5.91 Å². The second kappa shape index (κ2) is 7.85. The third-order valence-corrected chi connectivity index (χ3v) is 4.69. The van der Waals surface area contributed by atoms with Crippen LogP contribution in [0.3, 0.4) is 0 Å². The van der Waals surface area contributed by atoms with E-state index < -0.39 is 0 Å². The average molecular weight is 380 g/mol. The molecule has 0 aliphatic carbocycles. The third-order valence-electron chi connectivity index (χ3n) is 4.69. The minimum atomic E-state index is -0.265. The van der Waals surface area contributed by atoms with E-state index in [-0.39, 0.29) is 5.91 Å². The number of aryl methyl sites for hydroxylation is 1. The van der Waals surface area contributed by atoms with Crippen LogP contribution in [-0.4, -0.2) is 53.1 Å². The Bertz CT molecular complexity index is 976. The molecule has 0 spiro atoms. The lowest BCUT2D eigenvalue weighted by Gasteiger charge is -2.29. The summed E-state index contributed by atoms with van der Waals surface area (Å²) in [7, 11) is 0. The van der Waals surface area contributed by atoms with Gasteiger partial charge in [0.15, 0.2) is 0 Å². The van der Waals surface area contributed by atoms with Gasteiger partial charge in [-0.2, -0.15) is 0 Å². The zero-order valence-corrected chi connectivity index (χ0v) is 16.1. The van der Waals surface area contributed by atoms with Crippen molar-refractivity contribution in [2.75, 3.05) is 43.0 Å². The molecule has 1 aliphatic rings. The molecule has 0 unspecified atom stereocenters. The Morgan fingerprint density at radius 3 is 2.82 bits per heavy atom. The molecule has 3 aromatic rings. The number of fused-ring (bicyclic) bond motifs is 1. The summed E-state index contributed by atoms with van der Waals surface area (Å²) in [5.41, 5.74) is 3.13. The Morgan fingerprint density at radius 1 is 1.29 bits per heavy atom. The summed E-state index contributed by atoms with van der Waals surface area (Å²) in [6, 6.07) is 5.60. The van der Waals surface area contributed by atoms with Gasteiger partial charge in [0.1, 0.15) is 17.2 Å². The van der Waals surface area contributed by atoms with E-state index in [1.165, 1.54) is 0 Å². The Labute approximate surface area is 163 Å². The van der Waals surface area contributed by atoms with Crippen molar-refractivity contribution >= 4 is 23.1 Å². The number of pyridine rings is 2. The van der Waals surface area contributed by atoms with E-state index in [1.54, 1.807) is 18.5 Å². The zero-order valence-electron chi connectivity index (χ0n) is 16.1. The fraction of sp³-hybridized carbons (Fsp3) is 0.350. The van der Waals surface area contributed by atoms with Crippen LogP contribution in [0.15, 0.2) is 36.8 Å². The predicted molar refractivity (Wildman–Crippen MR) is 108 cm³/mol. The van der Waals surface area contributed by atoms with Crippen LogP contribution in [0.4, 0.5) is 11.5 Å². The lowest BCUT2D eigenvalue weighted by molar-refractivity contribution is 0.102. The number of hydrogen-bond acceptors (Lipinski definition) is 6. The van der Waals surface area contributed by atoms with Crippen molar-refractivity contribution in [1.29, 1.82) is 0 Å². The lowest BCUT2D eigenvalue weighted by atomic mass is 10.2. The van der Waals surface area contributed by atoms with Gasteiger partial charge >= 0.3 is 0 Å². The largest absolute Gasteiger partial charge is 0.493 e. The van der Waals surface area contributed by atoms with Crippen molar-refractivity contribution < 1.29 is 9.53 Å². The normalized spacial score (nSPS) is 14.3. The molecule has 4 heterocycles. The molecule has 1 aliphatic heterocycles. The molecule has 8 heteroatoms. The molecule has 1 amide bonds. The van der Waals surface area contributed by atoms with E-state index >= 15 is 0 Å². The molecule has 2 N–H and O–H groups in total. The van der Waals surface area contributed by atoms with Gasteiger partial charge in [-0.25, -0.2) is 9.97 Å². The maximum Gasteiger partial charge on any atom is 0.262 e. The van der Waals surface area contributed by atoms with Crippen molar-refractivity contribution in [2.45, 2.75) is 13.8 Å². The number of carbonyl (C=O) groups excluding carboxylic acids is 1. The van der Waals surface area contributed by atoms with Crippen LogP contribution in [-0.2, 0) is 0 Å². The molecule has 3 aromatic heterocycles. The quantitative estimate of drug-likeness (QED) is 0.705. The lowest BCUT2D eigenvalue weighted by Crippen LogP contribution is -2.43. The fourth-order valence-corrected chi connectivity index (χ4v) is 3.34. The summed E-state index contributed by atoms with van der Waals surface area (Å²) in [4.78, 5) is 24.0. The highest BCUT2D eigenvalue weighted by atomic mass is 16.5. The summed E-state index contributed by atoms with van der Waals surface area (Å²) in [6.07, 6.45) is 5.42. The summed E-state index contributed by atoms with van der Waals surface area (Å²) in [5.74, 6) is 0.753. The van der Waals surface area contributed by atoms with Crippen molar-refractivity contribution in [3.63, 3.8) is 0 Å². The van der Waals surface area contributed by atoms with Crippen LogP contribution in [0.5, 0.6) is 5.75 Å². The summed E-state index contributed by atoms with van der Waals surface area (Å²) < 4.78 is 7.49. The van der Waals surface area contributed by atoms with Gasteiger partial charge in [0.05, 0.1) is 29.7 Å². The molecular weight excluding hydrogens is 356 g/mol. The maximum atomic E-state index is 12.9. The second-order valence-corrected chi connectivity index (χ2v) is 6.72. The van der Waals surface area contributed by atoms with Crippen LogP contribution in [0.25, 0.3) is 5.65 Å². The van der Waals surface area contributed by atoms with E-state index in [4.69, 9.17) is 4.74 Å². The van der Waals surface area contributed by atoms with E-state index in [0.717, 1.165) is 43.2 Å². The molecule has 1 saturated heterocycles. The minimum Gasteiger partial charge on any atom is -0.493 e. The Balaban J connectivity index is 1.54.